The van der Waals surface area contributed by atoms with Crippen molar-refractivity contribution >= 4 is 17.4 Å². The summed E-state index contributed by atoms with van der Waals surface area (Å²) in [5.41, 5.74) is 4.61. The smallest absolute Gasteiger partial charge is 0.270 e. The first-order valence-electron chi connectivity index (χ1n) is 9.12. The molecule has 0 spiro atoms. The molecule has 6 nitrogen and oxygen atoms in total. The molecule has 1 amide bonds. The number of carbonyl (C=O) groups is 1. The van der Waals surface area contributed by atoms with Crippen LogP contribution in [0, 0.1) is 13.8 Å². The van der Waals surface area contributed by atoms with E-state index in [2.05, 4.69) is 26.7 Å². The minimum atomic E-state index is -0.235. The van der Waals surface area contributed by atoms with E-state index in [1.165, 1.54) is 6.33 Å². The lowest BCUT2D eigenvalue weighted by Crippen LogP contribution is -2.26. The van der Waals surface area contributed by atoms with E-state index in [9.17, 15) is 4.79 Å². The molecule has 1 heterocycles. The number of rotatable bonds is 7. The highest BCUT2D eigenvalue weighted by Gasteiger charge is 2.10. The molecule has 0 aliphatic rings. The number of aromatic nitrogens is 2. The van der Waals surface area contributed by atoms with Crippen molar-refractivity contribution in [2.75, 3.05) is 19.0 Å². The Balaban J connectivity index is 1.62. The molecule has 2 aromatic carbocycles. The van der Waals surface area contributed by atoms with Crippen LogP contribution < -0.4 is 15.4 Å². The zero-order valence-corrected chi connectivity index (χ0v) is 16.3. The van der Waals surface area contributed by atoms with Crippen molar-refractivity contribution in [2.45, 2.75) is 20.3 Å². The number of hydrogen-bond donors (Lipinski definition) is 2. The average molecular weight is 376 g/mol. The quantitative estimate of drug-likeness (QED) is 0.656. The molecule has 3 rings (SSSR count). The van der Waals surface area contributed by atoms with E-state index in [0.29, 0.717) is 24.5 Å². The van der Waals surface area contributed by atoms with E-state index >= 15 is 0 Å². The SMILES string of the molecule is COc1ccccc1CCNC(=O)c1cc(Nc2cc(C)cc(C)c2)ncn1. The number of benzene rings is 2. The van der Waals surface area contributed by atoms with Crippen LogP contribution in [-0.2, 0) is 6.42 Å². The molecule has 0 saturated heterocycles. The Morgan fingerprint density at radius 3 is 2.54 bits per heavy atom. The van der Waals surface area contributed by atoms with E-state index in [1.54, 1.807) is 13.2 Å². The standard InChI is InChI=1S/C22H24N4O2/c1-15-10-16(2)12-18(11-15)26-21-13-19(24-14-25-21)22(27)23-9-8-17-6-4-5-7-20(17)28-3/h4-7,10-14H,8-9H2,1-3H3,(H,23,27)(H,24,25,26). The Bertz CT molecular complexity index is 952. The molecule has 0 aliphatic carbocycles. The third kappa shape index (κ3) is 5.07. The van der Waals surface area contributed by atoms with Crippen LogP contribution in [0.5, 0.6) is 5.75 Å². The lowest BCUT2D eigenvalue weighted by molar-refractivity contribution is 0.0949. The largest absolute Gasteiger partial charge is 0.496 e. The molecule has 0 unspecified atom stereocenters. The first kappa shape index (κ1) is 19.4. The van der Waals surface area contributed by atoms with Crippen LogP contribution in [0.15, 0.2) is 54.9 Å². The monoisotopic (exact) mass is 376 g/mol. The van der Waals surface area contributed by atoms with Gasteiger partial charge in [-0.1, -0.05) is 24.3 Å². The number of anilines is 2. The van der Waals surface area contributed by atoms with Gasteiger partial charge < -0.3 is 15.4 Å². The fraction of sp³-hybridized carbons (Fsp3) is 0.227. The molecule has 144 valence electrons. The maximum atomic E-state index is 12.4. The third-order valence-electron chi connectivity index (χ3n) is 4.27. The van der Waals surface area contributed by atoms with Crippen molar-refractivity contribution in [1.82, 2.24) is 15.3 Å². The summed E-state index contributed by atoms with van der Waals surface area (Å²) in [6.45, 7) is 4.57. The van der Waals surface area contributed by atoms with Crippen molar-refractivity contribution in [3.05, 3.63) is 77.2 Å². The van der Waals surface area contributed by atoms with Gasteiger partial charge >= 0.3 is 0 Å². The van der Waals surface area contributed by atoms with Gasteiger partial charge in [-0.25, -0.2) is 9.97 Å². The fourth-order valence-corrected chi connectivity index (χ4v) is 3.06. The molecule has 1 aromatic heterocycles. The molecular weight excluding hydrogens is 352 g/mol. The summed E-state index contributed by atoms with van der Waals surface area (Å²) >= 11 is 0. The topological polar surface area (TPSA) is 76.1 Å². The summed E-state index contributed by atoms with van der Waals surface area (Å²) < 4.78 is 5.33. The number of carbonyl (C=O) groups excluding carboxylic acids is 1. The molecular formula is C22H24N4O2. The summed E-state index contributed by atoms with van der Waals surface area (Å²) in [6, 6.07) is 15.6. The zero-order chi connectivity index (χ0) is 19.9. The van der Waals surface area contributed by atoms with E-state index in [0.717, 1.165) is 28.1 Å². The number of ether oxygens (including phenoxy) is 1. The van der Waals surface area contributed by atoms with Crippen LogP contribution in [0.3, 0.4) is 0 Å². The van der Waals surface area contributed by atoms with Crippen LogP contribution in [0.2, 0.25) is 0 Å². The molecule has 0 bridgehead atoms. The molecule has 6 heteroatoms. The fourth-order valence-electron chi connectivity index (χ4n) is 3.06. The summed E-state index contributed by atoms with van der Waals surface area (Å²) in [7, 11) is 1.64. The number of methoxy groups -OCH3 is 1. The molecule has 0 radical (unpaired) electrons. The summed E-state index contributed by atoms with van der Waals surface area (Å²) in [6.07, 6.45) is 2.06. The van der Waals surface area contributed by atoms with Crippen LogP contribution in [-0.4, -0.2) is 29.5 Å². The van der Waals surface area contributed by atoms with E-state index in [1.807, 2.05) is 50.2 Å². The van der Waals surface area contributed by atoms with Gasteiger partial charge in [0.15, 0.2) is 0 Å². The highest BCUT2D eigenvalue weighted by molar-refractivity contribution is 5.93. The lowest BCUT2D eigenvalue weighted by atomic mass is 10.1. The van der Waals surface area contributed by atoms with Gasteiger partial charge in [-0.2, -0.15) is 0 Å². The molecule has 28 heavy (non-hydrogen) atoms. The van der Waals surface area contributed by atoms with E-state index in [4.69, 9.17) is 4.74 Å². The van der Waals surface area contributed by atoms with Gasteiger partial charge in [-0.15, -0.1) is 0 Å². The van der Waals surface area contributed by atoms with Gasteiger partial charge in [0.2, 0.25) is 0 Å². The van der Waals surface area contributed by atoms with Gasteiger partial charge in [0.25, 0.3) is 5.91 Å². The molecule has 3 aromatic rings. The van der Waals surface area contributed by atoms with Crippen molar-refractivity contribution < 1.29 is 9.53 Å². The number of hydrogen-bond acceptors (Lipinski definition) is 5. The summed E-state index contributed by atoms with van der Waals surface area (Å²) in [4.78, 5) is 20.7. The van der Waals surface area contributed by atoms with Gasteiger partial charge in [0.1, 0.15) is 23.6 Å². The van der Waals surface area contributed by atoms with Crippen LogP contribution in [0.4, 0.5) is 11.5 Å². The Kier molecular flexibility index (Phi) is 6.22. The third-order valence-corrected chi connectivity index (χ3v) is 4.27. The predicted molar refractivity (Wildman–Crippen MR) is 110 cm³/mol. The normalized spacial score (nSPS) is 10.4. The summed E-state index contributed by atoms with van der Waals surface area (Å²) in [5.74, 6) is 1.16. The number of amides is 1. The molecule has 0 atom stereocenters. The maximum Gasteiger partial charge on any atom is 0.270 e. The Morgan fingerprint density at radius 1 is 1.04 bits per heavy atom. The van der Waals surface area contributed by atoms with Gasteiger partial charge in [-0.05, 0) is 55.2 Å². The Labute approximate surface area is 165 Å². The molecule has 0 saturated carbocycles. The van der Waals surface area contributed by atoms with Crippen molar-refractivity contribution in [2.24, 2.45) is 0 Å². The van der Waals surface area contributed by atoms with Crippen molar-refractivity contribution in [1.29, 1.82) is 0 Å². The average Bonchev–Trinajstić information content (AvgIpc) is 2.67. The summed E-state index contributed by atoms with van der Waals surface area (Å²) in [5, 5.41) is 6.13. The van der Waals surface area contributed by atoms with Crippen LogP contribution >= 0.6 is 0 Å². The van der Waals surface area contributed by atoms with Crippen LogP contribution in [0.1, 0.15) is 27.2 Å². The van der Waals surface area contributed by atoms with Crippen molar-refractivity contribution in [3.63, 3.8) is 0 Å². The maximum absolute atomic E-state index is 12.4. The second kappa shape index (κ2) is 8.99. The van der Waals surface area contributed by atoms with Crippen LogP contribution in [0.25, 0.3) is 0 Å². The first-order valence-corrected chi connectivity index (χ1v) is 9.12. The zero-order valence-electron chi connectivity index (χ0n) is 16.3. The lowest BCUT2D eigenvalue weighted by Gasteiger charge is -2.10. The highest BCUT2D eigenvalue weighted by Crippen LogP contribution is 2.19. The molecule has 2 N–H and O–H groups in total. The number of nitrogens with zero attached hydrogens (tertiary/aromatic N) is 2. The minimum absolute atomic E-state index is 0.235. The van der Waals surface area contributed by atoms with Crippen molar-refractivity contribution in [3.8, 4) is 5.75 Å². The molecule has 0 aliphatic heterocycles. The van der Waals surface area contributed by atoms with Gasteiger partial charge in [-0.3, -0.25) is 4.79 Å². The number of para-hydroxylation sites is 1. The minimum Gasteiger partial charge on any atom is -0.496 e. The second-order valence-electron chi connectivity index (χ2n) is 6.61. The van der Waals surface area contributed by atoms with E-state index in [-0.39, 0.29) is 5.91 Å². The number of nitrogens with one attached hydrogen (secondary N) is 2. The first-order chi connectivity index (χ1) is 13.5. The van der Waals surface area contributed by atoms with Gasteiger partial charge in [0.05, 0.1) is 7.11 Å². The number of aryl methyl sites for hydroxylation is 2. The predicted octanol–water partition coefficient (Wildman–Crippen LogP) is 3.82. The Hall–Kier alpha value is -3.41. The Morgan fingerprint density at radius 2 is 1.79 bits per heavy atom. The highest BCUT2D eigenvalue weighted by atomic mass is 16.5. The molecule has 0 fully saturated rings. The second-order valence-corrected chi connectivity index (χ2v) is 6.61. The van der Waals surface area contributed by atoms with E-state index < -0.39 is 0 Å². The van der Waals surface area contributed by atoms with Gasteiger partial charge in [0, 0.05) is 18.3 Å².